The predicted octanol–water partition coefficient (Wildman–Crippen LogP) is 3.01. The van der Waals surface area contributed by atoms with Gasteiger partial charge in [-0.05, 0) is 29.0 Å². The van der Waals surface area contributed by atoms with Gasteiger partial charge in [0.05, 0.1) is 6.21 Å². The van der Waals surface area contributed by atoms with Gasteiger partial charge in [-0.25, -0.2) is 5.43 Å². The fourth-order valence-corrected chi connectivity index (χ4v) is 2.38. The van der Waals surface area contributed by atoms with E-state index in [1.165, 1.54) is 5.56 Å². The van der Waals surface area contributed by atoms with Crippen molar-refractivity contribution < 1.29 is 9.59 Å². The van der Waals surface area contributed by atoms with E-state index in [1.807, 2.05) is 54.6 Å². The summed E-state index contributed by atoms with van der Waals surface area (Å²) >= 11 is 0. The van der Waals surface area contributed by atoms with Crippen LogP contribution in [0.4, 0.5) is 0 Å². The van der Waals surface area contributed by atoms with Gasteiger partial charge in [-0.2, -0.15) is 5.10 Å². The molecule has 5 nitrogen and oxygen atoms in total. The van der Waals surface area contributed by atoms with Crippen LogP contribution in [0, 0.1) is 0 Å². The number of benzene rings is 2. The van der Waals surface area contributed by atoms with Crippen molar-refractivity contribution in [3.8, 4) is 0 Å². The highest BCUT2D eigenvalue weighted by molar-refractivity contribution is 5.97. The molecule has 26 heavy (non-hydrogen) atoms. The van der Waals surface area contributed by atoms with Crippen molar-refractivity contribution in [2.24, 2.45) is 5.10 Å². The minimum Gasteiger partial charge on any atom is -0.355 e. The first-order chi connectivity index (χ1) is 12.5. The van der Waals surface area contributed by atoms with Crippen molar-refractivity contribution in [1.29, 1.82) is 0 Å². The Morgan fingerprint density at radius 2 is 1.69 bits per heavy atom. The van der Waals surface area contributed by atoms with Crippen molar-refractivity contribution >= 4 is 18.0 Å². The third-order valence-corrected chi connectivity index (χ3v) is 3.91. The van der Waals surface area contributed by atoms with Crippen molar-refractivity contribution in [2.75, 3.05) is 6.54 Å². The van der Waals surface area contributed by atoms with E-state index in [1.54, 1.807) is 6.21 Å². The first-order valence-electron chi connectivity index (χ1n) is 8.77. The van der Waals surface area contributed by atoms with Crippen molar-refractivity contribution in [3.63, 3.8) is 0 Å². The lowest BCUT2D eigenvalue weighted by Gasteiger charge is -2.05. The van der Waals surface area contributed by atoms with E-state index in [0.717, 1.165) is 17.5 Å². The van der Waals surface area contributed by atoms with Crippen LogP contribution in [0.25, 0.3) is 0 Å². The van der Waals surface area contributed by atoms with Gasteiger partial charge in [0.25, 0.3) is 0 Å². The maximum absolute atomic E-state index is 11.8. The van der Waals surface area contributed by atoms with E-state index in [2.05, 4.69) is 29.7 Å². The zero-order valence-corrected chi connectivity index (χ0v) is 15.2. The fraction of sp³-hybridized carbons (Fsp3) is 0.286. The zero-order chi connectivity index (χ0) is 18.8. The normalized spacial score (nSPS) is 10.9. The van der Waals surface area contributed by atoms with E-state index in [4.69, 9.17) is 0 Å². The SMILES string of the molecule is CC(C)c1ccc(/C=N\NC(=O)CC(=O)NCCc2ccccc2)cc1. The largest absolute Gasteiger partial charge is 0.355 e. The predicted molar refractivity (Wildman–Crippen MR) is 104 cm³/mol. The molecule has 5 heteroatoms. The number of hydrogen-bond acceptors (Lipinski definition) is 3. The first-order valence-corrected chi connectivity index (χ1v) is 8.77. The highest BCUT2D eigenvalue weighted by atomic mass is 16.2. The van der Waals surface area contributed by atoms with Crippen LogP contribution < -0.4 is 10.7 Å². The Morgan fingerprint density at radius 1 is 1.00 bits per heavy atom. The molecule has 0 saturated heterocycles. The number of carbonyl (C=O) groups is 2. The molecule has 0 aliphatic carbocycles. The van der Waals surface area contributed by atoms with Crippen molar-refractivity contribution in [3.05, 3.63) is 71.3 Å². The smallest absolute Gasteiger partial charge is 0.249 e. The average Bonchev–Trinajstić information content (AvgIpc) is 2.63. The maximum Gasteiger partial charge on any atom is 0.249 e. The molecule has 0 aromatic heterocycles. The average molecular weight is 351 g/mol. The summed E-state index contributed by atoms with van der Waals surface area (Å²) in [5.74, 6) is -0.270. The molecule has 0 aliphatic heterocycles. The van der Waals surface area contributed by atoms with Crippen molar-refractivity contribution in [1.82, 2.24) is 10.7 Å². The van der Waals surface area contributed by atoms with Gasteiger partial charge in [-0.1, -0.05) is 68.4 Å². The number of nitrogens with zero attached hydrogens (tertiary/aromatic N) is 1. The van der Waals surface area contributed by atoms with E-state index in [-0.39, 0.29) is 12.3 Å². The molecule has 136 valence electrons. The quantitative estimate of drug-likeness (QED) is 0.436. The van der Waals surface area contributed by atoms with Gasteiger partial charge in [-0.15, -0.1) is 0 Å². The van der Waals surface area contributed by atoms with Gasteiger partial charge < -0.3 is 5.32 Å². The molecule has 2 amide bonds. The monoisotopic (exact) mass is 351 g/mol. The second kappa shape index (κ2) is 10.1. The number of hydrogen-bond donors (Lipinski definition) is 2. The summed E-state index contributed by atoms with van der Waals surface area (Å²) in [6, 6.07) is 17.8. The third kappa shape index (κ3) is 6.89. The lowest BCUT2D eigenvalue weighted by molar-refractivity contribution is -0.129. The molecule has 2 N–H and O–H groups in total. The molecular formula is C21H25N3O2. The van der Waals surface area contributed by atoms with Crippen LogP contribution in [0.1, 0.15) is 42.9 Å². The molecule has 0 heterocycles. The first kappa shape index (κ1) is 19.4. The molecule has 0 atom stereocenters. The summed E-state index contributed by atoms with van der Waals surface area (Å²) in [5.41, 5.74) is 5.66. The Hall–Kier alpha value is -2.95. The van der Waals surface area contributed by atoms with Gasteiger partial charge in [0.1, 0.15) is 6.42 Å². The van der Waals surface area contributed by atoms with E-state index >= 15 is 0 Å². The molecule has 0 fully saturated rings. The minimum absolute atomic E-state index is 0.238. The lowest BCUT2D eigenvalue weighted by Crippen LogP contribution is -2.31. The van der Waals surface area contributed by atoms with E-state index < -0.39 is 5.91 Å². The molecule has 0 saturated carbocycles. The molecule has 2 aromatic carbocycles. The number of carbonyl (C=O) groups excluding carboxylic acids is 2. The highest BCUT2D eigenvalue weighted by Crippen LogP contribution is 2.13. The van der Waals surface area contributed by atoms with Gasteiger partial charge in [0, 0.05) is 6.54 Å². The fourth-order valence-electron chi connectivity index (χ4n) is 2.38. The van der Waals surface area contributed by atoms with Gasteiger partial charge in [0.2, 0.25) is 11.8 Å². The summed E-state index contributed by atoms with van der Waals surface area (Å²) in [6.45, 7) is 4.77. The molecule has 0 aliphatic rings. The topological polar surface area (TPSA) is 70.6 Å². The number of rotatable bonds is 8. The van der Waals surface area contributed by atoms with Gasteiger partial charge in [-0.3, -0.25) is 9.59 Å². The Bertz CT molecular complexity index is 738. The second-order valence-corrected chi connectivity index (χ2v) is 6.38. The number of amides is 2. The minimum atomic E-state index is -0.433. The summed E-state index contributed by atoms with van der Waals surface area (Å²) in [6.07, 6.45) is 2.06. The molecule has 2 rings (SSSR count). The molecular weight excluding hydrogens is 326 g/mol. The van der Waals surface area contributed by atoms with E-state index in [9.17, 15) is 9.59 Å². The molecule has 2 aromatic rings. The van der Waals surface area contributed by atoms with E-state index in [0.29, 0.717) is 12.5 Å². The zero-order valence-electron chi connectivity index (χ0n) is 15.2. The number of hydrazone groups is 1. The Labute approximate surface area is 154 Å². The Kier molecular flexibility index (Phi) is 7.55. The maximum atomic E-state index is 11.8. The van der Waals surface area contributed by atoms with Crippen LogP contribution in [0.3, 0.4) is 0 Å². The summed E-state index contributed by atoms with van der Waals surface area (Å²) in [4.78, 5) is 23.5. The van der Waals surface area contributed by atoms with Crippen LogP contribution in [-0.2, 0) is 16.0 Å². The third-order valence-electron chi connectivity index (χ3n) is 3.91. The molecule has 0 unspecified atom stereocenters. The number of nitrogens with one attached hydrogen (secondary N) is 2. The summed E-state index contributed by atoms with van der Waals surface area (Å²) in [7, 11) is 0. The molecule has 0 bridgehead atoms. The summed E-state index contributed by atoms with van der Waals surface area (Å²) in [5, 5.41) is 6.63. The van der Waals surface area contributed by atoms with Gasteiger partial charge in [0.15, 0.2) is 0 Å². The molecule has 0 radical (unpaired) electrons. The van der Waals surface area contributed by atoms with Crippen LogP contribution in [0.2, 0.25) is 0 Å². The Balaban J connectivity index is 1.68. The van der Waals surface area contributed by atoms with Crippen LogP contribution in [-0.4, -0.2) is 24.6 Å². The van der Waals surface area contributed by atoms with Crippen molar-refractivity contribution in [2.45, 2.75) is 32.6 Å². The standard InChI is InChI=1S/C21H25N3O2/c1-16(2)19-10-8-18(9-11-19)15-23-24-21(26)14-20(25)22-13-12-17-6-4-3-5-7-17/h3-11,15-16H,12-14H2,1-2H3,(H,22,25)(H,24,26)/b23-15-. The van der Waals surface area contributed by atoms with Crippen LogP contribution in [0.5, 0.6) is 0 Å². The lowest BCUT2D eigenvalue weighted by atomic mass is 10.0. The molecule has 0 spiro atoms. The highest BCUT2D eigenvalue weighted by Gasteiger charge is 2.07. The van der Waals surface area contributed by atoms with Gasteiger partial charge >= 0.3 is 0 Å². The Morgan fingerprint density at radius 3 is 2.35 bits per heavy atom. The van der Waals surface area contributed by atoms with Crippen LogP contribution in [0.15, 0.2) is 59.7 Å². The van der Waals surface area contributed by atoms with Crippen LogP contribution >= 0.6 is 0 Å². The summed E-state index contributed by atoms with van der Waals surface area (Å²) < 4.78 is 0. The second-order valence-electron chi connectivity index (χ2n) is 6.38.